The van der Waals surface area contributed by atoms with Crippen LogP contribution in [0.25, 0.3) is 0 Å². The number of aromatic nitrogens is 1. The minimum atomic E-state index is -5.21. The van der Waals surface area contributed by atoms with E-state index in [1.165, 1.54) is 33.3 Å². The predicted molar refractivity (Wildman–Crippen MR) is 144 cm³/mol. The second-order valence-corrected chi connectivity index (χ2v) is 11.2. The van der Waals surface area contributed by atoms with Crippen LogP contribution >= 0.6 is 11.6 Å². The first-order valence-corrected chi connectivity index (χ1v) is 13.5. The van der Waals surface area contributed by atoms with Gasteiger partial charge in [-0.15, -0.1) is 0 Å². The van der Waals surface area contributed by atoms with Crippen LogP contribution in [0.2, 0.25) is 5.15 Å². The molecule has 2 aromatic rings. The van der Waals surface area contributed by atoms with E-state index >= 15 is 0 Å². The molecule has 1 aliphatic heterocycles. The Kier molecular flexibility index (Phi) is 8.56. The molecule has 1 saturated carbocycles. The van der Waals surface area contributed by atoms with Gasteiger partial charge in [-0.25, -0.2) is 4.98 Å². The van der Waals surface area contributed by atoms with Gasteiger partial charge in [-0.3, -0.25) is 9.59 Å². The van der Waals surface area contributed by atoms with Crippen LogP contribution in [0.3, 0.4) is 0 Å². The quantitative estimate of drug-likeness (QED) is 0.448. The van der Waals surface area contributed by atoms with Crippen molar-refractivity contribution in [3.05, 3.63) is 52.7 Å². The number of pyridine rings is 1. The fourth-order valence-electron chi connectivity index (χ4n) is 5.90. The summed E-state index contributed by atoms with van der Waals surface area (Å²) < 4.78 is 47.1. The summed E-state index contributed by atoms with van der Waals surface area (Å²) in [5.74, 6) is -0.586. The molecule has 1 aromatic heterocycles. The van der Waals surface area contributed by atoms with Crippen LogP contribution in [0.1, 0.15) is 48.0 Å². The van der Waals surface area contributed by atoms with Gasteiger partial charge in [0.25, 0.3) is 17.4 Å². The Balaban J connectivity index is 1.30. The monoisotopic (exact) mass is 582 g/mol. The fraction of sp³-hybridized carbons (Fsp3) is 0.536. The Bertz CT molecular complexity index is 1240. The molecule has 12 heteroatoms. The van der Waals surface area contributed by atoms with Gasteiger partial charge in [0.1, 0.15) is 16.7 Å². The van der Waals surface area contributed by atoms with Crippen LogP contribution in [0.4, 0.5) is 19.0 Å². The highest BCUT2D eigenvalue weighted by atomic mass is 35.5. The summed E-state index contributed by atoms with van der Waals surface area (Å²) in [5, 5.41) is 13.4. The molecule has 1 aromatic carbocycles. The number of carbonyl (C=O) groups is 2. The summed E-state index contributed by atoms with van der Waals surface area (Å²) in [5.41, 5.74) is -3.75. The van der Waals surface area contributed by atoms with Crippen LogP contribution in [0, 0.1) is 11.3 Å². The van der Waals surface area contributed by atoms with Crippen molar-refractivity contribution in [1.29, 1.82) is 0 Å². The third-order valence-corrected chi connectivity index (χ3v) is 8.61. The number of methoxy groups -OCH3 is 1. The molecule has 0 radical (unpaired) electrons. The number of benzene rings is 1. The van der Waals surface area contributed by atoms with Crippen LogP contribution in [-0.4, -0.2) is 73.8 Å². The minimum Gasteiger partial charge on any atom is -0.497 e. The number of ether oxygens (including phenoxy) is 1. The first-order valence-electron chi connectivity index (χ1n) is 13.2. The van der Waals surface area contributed by atoms with Gasteiger partial charge in [0.2, 0.25) is 0 Å². The number of nitrogens with one attached hydrogen (secondary N) is 1. The third-order valence-electron chi connectivity index (χ3n) is 8.32. The second kappa shape index (κ2) is 11.4. The molecule has 0 bridgehead atoms. The first-order chi connectivity index (χ1) is 18.8. The van der Waals surface area contributed by atoms with Gasteiger partial charge >= 0.3 is 6.18 Å². The fourth-order valence-corrected chi connectivity index (χ4v) is 6.14. The highest BCUT2D eigenvalue weighted by Crippen LogP contribution is 2.54. The van der Waals surface area contributed by atoms with Crippen molar-refractivity contribution in [1.82, 2.24) is 15.2 Å². The lowest BCUT2D eigenvalue weighted by Gasteiger charge is -2.53. The zero-order valence-electron chi connectivity index (χ0n) is 22.7. The number of anilines is 1. The Morgan fingerprint density at radius 1 is 1.23 bits per heavy atom. The molecule has 0 unspecified atom stereocenters. The maximum Gasteiger partial charge on any atom is 0.430 e. The van der Waals surface area contributed by atoms with Crippen molar-refractivity contribution >= 4 is 29.2 Å². The highest BCUT2D eigenvalue weighted by Gasteiger charge is 2.62. The molecule has 2 heterocycles. The van der Waals surface area contributed by atoms with E-state index in [4.69, 9.17) is 16.3 Å². The van der Waals surface area contributed by atoms with E-state index in [-0.39, 0.29) is 34.7 Å². The van der Waals surface area contributed by atoms with Crippen LogP contribution in [-0.2, 0) is 10.4 Å². The summed E-state index contributed by atoms with van der Waals surface area (Å²) in [6.45, 7) is 1.67. The number of halogens is 4. The molecule has 218 valence electrons. The number of likely N-dealkylation sites (N-methyl/N-ethyl adjacent to an activating group) is 1. The highest BCUT2D eigenvalue weighted by molar-refractivity contribution is 6.32. The van der Waals surface area contributed by atoms with Crippen molar-refractivity contribution in [3.63, 3.8) is 0 Å². The average molecular weight is 583 g/mol. The van der Waals surface area contributed by atoms with Crippen LogP contribution < -0.4 is 15.0 Å². The Morgan fingerprint density at radius 2 is 1.90 bits per heavy atom. The summed E-state index contributed by atoms with van der Waals surface area (Å²) in [6, 6.07) is 8.31. The zero-order chi connectivity index (χ0) is 29.3. The number of amides is 2. The zero-order valence-corrected chi connectivity index (χ0v) is 23.5. The van der Waals surface area contributed by atoms with E-state index < -0.39 is 23.2 Å². The summed E-state index contributed by atoms with van der Waals surface area (Å²) in [4.78, 5) is 32.3. The van der Waals surface area contributed by atoms with Gasteiger partial charge < -0.3 is 25.0 Å². The second-order valence-electron chi connectivity index (χ2n) is 10.8. The van der Waals surface area contributed by atoms with Crippen molar-refractivity contribution in [2.75, 3.05) is 45.7 Å². The summed E-state index contributed by atoms with van der Waals surface area (Å²) >= 11 is 6.21. The van der Waals surface area contributed by atoms with E-state index in [1.807, 2.05) is 0 Å². The molecular formula is C28H34ClF3N4O4. The van der Waals surface area contributed by atoms with Gasteiger partial charge in [0, 0.05) is 39.3 Å². The number of alkyl halides is 3. The third kappa shape index (κ3) is 5.72. The van der Waals surface area contributed by atoms with E-state index in [9.17, 15) is 27.9 Å². The molecule has 40 heavy (non-hydrogen) atoms. The van der Waals surface area contributed by atoms with E-state index in [2.05, 4.69) is 15.2 Å². The molecule has 1 aliphatic carbocycles. The Morgan fingerprint density at radius 3 is 2.48 bits per heavy atom. The molecule has 4 rings (SSSR count). The molecular weight excluding hydrogens is 549 g/mol. The molecule has 1 saturated heterocycles. The Labute approximate surface area is 236 Å². The van der Waals surface area contributed by atoms with E-state index in [0.29, 0.717) is 12.0 Å². The van der Waals surface area contributed by atoms with Gasteiger partial charge in [-0.1, -0.05) is 23.7 Å². The van der Waals surface area contributed by atoms with E-state index in [1.54, 1.807) is 12.1 Å². The lowest BCUT2D eigenvalue weighted by Crippen LogP contribution is -2.55. The molecule has 8 nitrogen and oxygen atoms in total. The lowest BCUT2D eigenvalue weighted by molar-refractivity contribution is -0.261. The normalized spacial score (nSPS) is 18.6. The molecule has 2 aliphatic rings. The largest absolute Gasteiger partial charge is 0.497 e. The molecule has 1 atom stereocenters. The van der Waals surface area contributed by atoms with Crippen molar-refractivity contribution in [2.24, 2.45) is 11.3 Å². The SMILES string of the molecule is CNC(=O)c1ccc(N2CCC3(CC2)CC(CCN(C)C(=O)[C@](O)(c2cccc(OC)c2)C(F)(F)F)C3)nc1Cl. The van der Waals surface area contributed by atoms with Gasteiger partial charge in [-0.05, 0) is 67.7 Å². The number of aliphatic hydroxyl groups is 1. The first kappa shape index (κ1) is 29.9. The van der Waals surface area contributed by atoms with Gasteiger partial charge in [-0.2, -0.15) is 13.2 Å². The number of hydrogen-bond donors (Lipinski definition) is 2. The number of piperidine rings is 1. The van der Waals surface area contributed by atoms with Crippen molar-refractivity contribution in [3.8, 4) is 5.75 Å². The van der Waals surface area contributed by atoms with E-state index in [0.717, 1.165) is 61.6 Å². The Hall–Kier alpha value is -3.05. The van der Waals surface area contributed by atoms with Crippen molar-refractivity contribution < 1.29 is 32.6 Å². The summed E-state index contributed by atoms with van der Waals surface area (Å²) in [7, 11) is 4.12. The number of carbonyl (C=O) groups excluding carboxylic acids is 2. The van der Waals surface area contributed by atoms with Crippen LogP contribution in [0.15, 0.2) is 36.4 Å². The molecule has 1 spiro atoms. The maximum absolute atomic E-state index is 14.0. The van der Waals surface area contributed by atoms with Crippen LogP contribution in [0.5, 0.6) is 5.75 Å². The molecule has 2 amide bonds. The number of nitrogens with zero attached hydrogens (tertiary/aromatic N) is 3. The molecule has 2 N–H and O–H groups in total. The minimum absolute atomic E-state index is 0.105. The standard InChI is InChI=1S/C28H34ClF3N4O4/c1-33-24(37)21-7-8-22(34-23(21)29)36-13-10-26(11-14-36)16-18(17-26)9-12-35(2)25(38)27(39,28(30,31)32)19-5-4-6-20(15-19)40-3/h4-8,15,18,39H,9-14,16-17H2,1-3H3,(H,33,37)/t27-/m1/s1. The predicted octanol–water partition coefficient (Wildman–Crippen LogP) is 4.40. The maximum atomic E-state index is 14.0. The summed E-state index contributed by atoms with van der Waals surface area (Å²) in [6.07, 6.45) is -0.895. The smallest absolute Gasteiger partial charge is 0.430 e. The number of rotatable bonds is 8. The van der Waals surface area contributed by atoms with Gasteiger partial charge in [0.15, 0.2) is 0 Å². The van der Waals surface area contributed by atoms with Crippen molar-refractivity contribution in [2.45, 2.75) is 43.9 Å². The average Bonchev–Trinajstić information content (AvgIpc) is 2.93. The molecule has 2 fully saturated rings. The number of hydrogen-bond acceptors (Lipinski definition) is 6. The topological polar surface area (TPSA) is 95.0 Å². The van der Waals surface area contributed by atoms with Gasteiger partial charge in [0.05, 0.1) is 12.7 Å². The lowest BCUT2D eigenvalue weighted by atomic mass is 9.57.